The van der Waals surface area contributed by atoms with E-state index in [0.29, 0.717) is 17.5 Å². The quantitative estimate of drug-likeness (QED) is 0.704. The molecule has 1 unspecified atom stereocenters. The Morgan fingerprint density at radius 2 is 1.74 bits per heavy atom. The van der Waals surface area contributed by atoms with Crippen molar-refractivity contribution in [3.05, 3.63) is 35.4 Å². The van der Waals surface area contributed by atoms with Crippen molar-refractivity contribution in [1.29, 1.82) is 0 Å². The highest BCUT2D eigenvalue weighted by Gasteiger charge is 2.15. The number of carbonyl (C=O) groups excluding carboxylic acids is 2. The second kappa shape index (κ2) is 6.53. The van der Waals surface area contributed by atoms with Crippen molar-refractivity contribution in [1.82, 2.24) is 5.32 Å². The third-order valence-corrected chi connectivity index (χ3v) is 2.68. The molecule has 0 bridgehead atoms. The zero-order valence-electron chi connectivity index (χ0n) is 10.6. The average Bonchev–Trinajstić information content (AvgIpc) is 2.37. The minimum atomic E-state index is -0.962. The summed E-state index contributed by atoms with van der Waals surface area (Å²) < 4.78 is 0. The van der Waals surface area contributed by atoms with Crippen LogP contribution >= 0.6 is 0 Å². The van der Waals surface area contributed by atoms with E-state index in [0.717, 1.165) is 0 Å². The molecule has 0 aliphatic rings. The van der Waals surface area contributed by atoms with Crippen LogP contribution in [0.15, 0.2) is 24.3 Å². The van der Waals surface area contributed by atoms with Crippen molar-refractivity contribution in [3.8, 4) is 0 Å². The van der Waals surface area contributed by atoms with Gasteiger partial charge in [0.25, 0.3) is 5.91 Å². The summed E-state index contributed by atoms with van der Waals surface area (Å²) in [5, 5.41) is 11.3. The van der Waals surface area contributed by atoms with Gasteiger partial charge in [-0.3, -0.25) is 14.4 Å². The maximum absolute atomic E-state index is 11.9. The van der Waals surface area contributed by atoms with Crippen LogP contribution in [0, 0.1) is 0 Å². The highest BCUT2D eigenvalue weighted by Crippen LogP contribution is 2.06. The fraction of sp³-hybridized carbons (Fsp3) is 0.308. The summed E-state index contributed by atoms with van der Waals surface area (Å²) >= 11 is 0. The lowest BCUT2D eigenvalue weighted by Crippen LogP contribution is -2.36. The van der Waals surface area contributed by atoms with Crippen molar-refractivity contribution < 1.29 is 19.5 Å². The minimum absolute atomic E-state index is 0.123. The van der Waals surface area contributed by atoms with Crippen LogP contribution in [-0.2, 0) is 4.79 Å². The summed E-state index contributed by atoms with van der Waals surface area (Å²) in [7, 11) is 0. The van der Waals surface area contributed by atoms with Crippen molar-refractivity contribution in [3.63, 3.8) is 0 Å². The monoisotopic (exact) mass is 264 g/mol. The van der Waals surface area contributed by atoms with Crippen molar-refractivity contribution >= 4 is 17.8 Å². The number of nitrogens with two attached hydrogens (primary N) is 1. The number of hydrogen-bond acceptors (Lipinski definition) is 3. The van der Waals surface area contributed by atoms with E-state index in [2.05, 4.69) is 5.32 Å². The van der Waals surface area contributed by atoms with Gasteiger partial charge in [0.2, 0.25) is 5.91 Å². The van der Waals surface area contributed by atoms with E-state index >= 15 is 0 Å². The second-order valence-corrected chi connectivity index (χ2v) is 4.12. The van der Waals surface area contributed by atoms with Crippen LogP contribution in [-0.4, -0.2) is 28.9 Å². The molecule has 1 rings (SSSR count). The van der Waals surface area contributed by atoms with E-state index in [1.165, 1.54) is 24.3 Å². The van der Waals surface area contributed by atoms with Crippen LogP contribution in [0.3, 0.4) is 0 Å². The van der Waals surface area contributed by atoms with E-state index in [1.54, 1.807) is 6.92 Å². The predicted octanol–water partition coefficient (Wildman–Crippen LogP) is 0.769. The molecule has 2 amide bonds. The Labute approximate surface area is 110 Å². The molecule has 0 fully saturated rings. The number of primary amides is 1. The van der Waals surface area contributed by atoms with E-state index in [1.807, 2.05) is 0 Å². The third kappa shape index (κ3) is 4.42. The summed E-state index contributed by atoms with van der Waals surface area (Å²) in [6.07, 6.45) is 0.402. The molecule has 0 saturated heterocycles. The fourth-order valence-corrected chi connectivity index (χ4v) is 1.56. The summed E-state index contributed by atoms with van der Waals surface area (Å²) in [6.45, 7) is 1.80. The highest BCUT2D eigenvalue weighted by molar-refractivity contribution is 5.97. The number of hydrogen-bond donors (Lipinski definition) is 3. The van der Waals surface area contributed by atoms with E-state index in [-0.39, 0.29) is 12.3 Å². The SMILES string of the molecule is CCC(CC(=O)O)NC(=O)c1ccc(C(N)=O)cc1. The van der Waals surface area contributed by atoms with Crippen molar-refractivity contribution in [2.24, 2.45) is 5.73 Å². The van der Waals surface area contributed by atoms with Gasteiger partial charge in [0, 0.05) is 17.2 Å². The Hall–Kier alpha value is -2.37. The Balaban J connectivity index is 2.71. The molecule has 6 heteroatoms. The minimum Gasteiger partial charge on any atom is -0.481 e. The molecule has 0 heterocycles. The van der Waals surface area contributed by atoms with E-state index < -0.39 is 17.9 Å². The molecule has 4 N–H and O–H groups in total. The van der Waals surface area contributed by atoms with Gasteiger partial charge in [0.15, 0.2) is 0 Å². The number of rotatable bonds is 6. The Kier molecular flexibility index (Phi) is 5.05. The van der Waals surface area contributed by atoms with E-state index in [4.69, 9.17) is 10.8 Å². The van der Waals surface area contributed by atoms with Gasteiger partial charge in [-0.2, -0.15) is 0 Å². The fourth-order valence-electron chi connectivity index (χ4n) is 1.56. The Bertz CT molecular complexity index is 482. The Morgan fingerprint density at radius 1 is 1.21 bits per heavy atom. The maximum atomic E-state index is 11.9. The van der Waals surface area contributed by atoms with Gasteiger partial charge in [0.1, 0.15) is 0 Å². The molecule has 19 heavy (non-hydrogen) atoms. The van der Waals surface area contributed by atoms with Crippen LogP contribution < -0.4 is 11.1 Å². The number of carboxylic acid groups (broad SMARTS) is 1. The van der Waals surface area contributed by atoms with Crippen molar-refractivity contribution in [2.75, 3.05) is 0 Å². The number of aliphatic carboxylic acids is 1. The summed E-state index contributed by atoms with van der Waals surface area (Å²) in [4.78, 5) is 33.3. The zero-order valence-corrected chi connectivity index (χ0v) is 10.6. The molecule has 0 aromatic heterocycles. The first kappa shape index (κ1) is 14.7. The molecular formula is C13H16N2O4. The highest BCUT2D eigenvalue weighted by atomic mass is 16.4. The predicted molar refractivity (Wildman–Crippen MR) is 68.8 cm³/mol. The first-order valence-corrected chi connectivity index (χ1v) is 5.86. The van der Waals surface area contributed by atoms with Gasteiger partial charge in [0.05, 0.1) is 6.42 Å². The summed E-state index contributed by atoms with van der Waals surface area (Å²) in [5.41, 5.74) is 5.76. The van der Waals surface area contributed by atoms with Gasteiger partial charge in [-0.05, 0) is 30.7 Å². The molecule has 102 valence electrons. The second-order valence-electron chi connectivity index (χ2n) is 4.12. The van der Waals surface area contributed by atoms with E-state index in [9.17, 15) is 14.4 Å². The smallest absolute Gasteiger partial charge is 0.305 e. The third-order valence-electron chi connectivity index (χ3n) is 2.68. The van der Waals surface area contributed by atoms with Gasteiger partial charge in [-0.1, -0.05) is 6.92 Å². The molecule has 0 aliphatic carbocycles. The van der Waals surface area contributed by atoms with Crippen LogP contribution in [0.1, 0.15) is 40.5 Å². The summed E-state index contributed by atoms with van der Waals surface area (Å²) in [5.74, 6) is -1.90. The summed E-state index contributed by atoms with van der Waals surface area (Å²) in [6, 6.07) is 5.44. The van der Waals surface area contributed by atoms with Gasteiger partial charge >= 0.3 is 5.97 Å². The van der Waals surface area contributed by atoms with Crippen LogP contribution in [0.25, 0.3) is 0 Å². The van der Waals surface area contributed by atoms with Crippen LogP contribution in [0.2, 0.25) is 0 Å². The lowest BCUT2D eigenvalue weighted by molar-refractivity contribution is -0.137. The molecule has 0 spiro atoms. The number of benzene rings is 1. The maximum Gasteiger partial charge on any atom is 0.305 e. The molecule has 1 atom stereocenters. The molecule has 0 saturated carbocycles. The standard InChI is InChI=1S/C13H16N2O4/c1-2-10(7-11(16)17)15-13(19)9-5-3-8(4-6-9)12(14)18/h3-6,10H,2,7H2,1H3,(H2,14,18)(H,15,19)(H,16,17). The first-order chi connectivity index (χ1) is 8.93. The normalized spacial score (nSPS) is 11.6. The van der Waals surface area contributed by atoms with Crippen LogP contribution in [0.5, 0.6) is 0 Å². The molecule has 1 aromatic carbocycles. The Morgan fingerprint density at radius 3 is 2.16 bits per heavy atom. The number of nitrogens with one attached hydrogen (secondary N) is 1. The number of amides is 2. The first-order valence-electron chi connectivity index (χ1n) is 5.86. The molecule has 6 nitrogen and oxygen atoms in total. The van der Waals surface area contributed by atoms with Crippen LogP contribution in [0.4, 0.5) is 0 Å². The van der Waals surface area contributed by atoms with Gasteiger partial charge < -0.3 is 16.2 Å². The average molecular weight is 264 g/mol. The zero-order chi connectivity index (χ0) is 14.4. The van der Waals surface area contributed by atoms with Crippen molar-refractivity contribution in [2.45, 2.75) is 25.8 Å². The number of carbonyl (C=O) groups is 3. The number of carboxylic acids is 1. The molecule has 1 aromatic rings. The largest absolute Gasteiger partial charge is 0.481 e. The lowest BCUT2D eigenvalue weighted by Gasteiger charge is -2.14. The van der Waals surface area contributed by atoms with Gasteiger partial charge in [-0.15, -0.1) is 0 Å². The molecule has 0 aliphatic heterocycles. The molecular weight excluding hydrogens is 248 g/mol. The van der Waals surface area contributed by atoms with Gasteiger partial charge in [-0.25, -0.2) is 0 Å². The topological polar surface area (TPSA) is 109 Å². The lowest BCUT2D eigenvalue weighted by atomic mass is 10.1. The molecule has 0 radical (unpaired) electrons.